The minimum absolute atomic E-state index is 0.0405. The van der Waals surface area contributed by atoms with Gasteiger partial charge in [-0.15, -0.1) is 0 Å². The average Bonchev–Trinajstić information content (AvgIpc) is 2.32. The second kappa shape index (κ2) is 5.80. The van der Waals surface area contributed by atoms with Crippen molar-refractivity contribution in [3.8, 4) is 0 Å². The van der Waals surface area contributed by atoms with Crippen molar-refractivity contribution in [2.75, 3.05) is 5.32 Å². The number of benzene rings is 2. The third kappa shape index (κ3) is 3.28. The lowest BCUT2D eigenvalue weighted by Crippen LogP contribution is -2.09. The van der Waals surface area contributed by atoms with Gasteiger partial charge in [-0.05, 0) is 32.4 Å². The summed E-state index contributed by atoms with van der Waals surface area (Å²) in [4.78, 5) is 0. The highest BCUT2D eigenvalue weighted by Gasteiger charge is 2.14. The quantitative estimate of drug-likeness (QED) is 0.798. The molecule has 2 aromatic carbocycles. The first kappa shape index (κ1) is 14.8. The number of aryl methyl sites for hydroxylation is 2. The predicted octanol–water partition coefficient (Wildman–Crippen LogP) is 5.41. The number of anilines is 1. The minimum atomic E-state index is -0.689. The number of nitrogens with one attached hydrogen (secondary N) is 1. The van der Waals surface area contributed by atoms with E-state index in [1.165, 1.54) is 0 Å². The third-order valence-electron chi connectivity index (χ3n) is 3.11. The molecule has 106 valence electrons. The van der Waals surface area contributed by atoms with E-state index >= 15 is 0 Å². The molecule has 0 aliphatic carbocycles. The Labute approximate surface area is 122 Å². The Bertz CT molecular complexity index is 597. The molecular weight excluding hydrogens is 280 g/mol. The highest BCUT2D eigenvalue weighted by Crippen LogP contribution is 2.30. The van der Waals surface area contributed by atoms with Crippen molar-refractivity contribution < 1.29 is 8.78 Å². The summed E-state index contributed by atoms with van der Waals surface area (Å²) >= 11 is 5.89. The summed E-state index contributed by atoms with van der Waals surface area (Å²) in [6.07, 6.45) is 0. The van der Waals surface area contributed by atoms with E-state index in [1.54, 1.807) is 0 Å². The normalized spacial score (nSPS) is 12.3. The van der Waals surface area contributed by atoms with Gasteiger partial charge >= 0.3 is 0 Å². The summed E-state index contributed by atoms with van der Waals surface area (Å²) in [6, 6.07) is 7.91. The first-order valence-electron chi connectivity index (χ1n) is 6.36. The van der Waals surface area contributed by atoms with Crippen LogP contribution >= 0.6 is 11.6 Å². The molecular formula is C16H16ClF2N. The molecule has 0 heterocycles. The van der Waals surface area contributed by atoms with Gasteiger partial charge in [0.25, 0.3) is 0 Å². The Morgan fingerprint density at radius 2 is 1.60 bits per heavy atom. The standard InChI is InChI=1S/C16H16ClF2N/c1-9-4-10(2)6-12(5-9)11(3)20-16-14(17)7-13(18)8-15(16)19/h4-8,11,20H,1-3H3. The molecule has 0 aliphatic rings. The molecule has 0 saturated carbocycles. The second-order valence-electron chi connectivity index (χ2n) is 5.03. The van der Waals surface area contributed by atoms with Crippen molar-refractivity contribution in [2.45, 2.75) is 26.8 Å². The molecule has 0 aliphatic heterocycles. The molecule has 2 aromatic rings. The molecule has 4 heteroatoms. The summed E-state index contributed by atoms with van der Waals surface area (Å²) in [5.74, 6) is -1.37. The van der Waals surface area contributed by atoms with Gasteiger partial charge in [0.2, 0.25) is 0 Å². The van der Waals surface area contributed by atoms with Gasteiger partial charge in [0.05, 0.1) is 10.7 Å². The molecule has 1 nitrogen and oxygen atoms in total. The van der Waals surface area contributed by atoms with E-state index in [1.807, 2.05) is 32.9 Å². The Morgan fingerprint density at radius 3 is 2.15 bits per heavy atom. The lowest BCUT2D eigenvalue weighted by Gasteiger charge is -2.18. The largest absolute Gasteiger partial charge is 0.375 e. The smallest absolute Gasteiger partial charge is 0.150 e. The van der Waals surface area contributed by atoms with E-state index in [0.29, 0.717) is 0 Å². The van der Waals surface area contributed by atoms with Crippen LogP contribution < -0.4 is 5.32 Å². The molecule has 0 saturated heterocycles. The molecule has 0 amide bonds. The predicted molar refractivity (Wildman–Crippen MR) is 79.3 cm³/mol. The van der Waals surface area contributed by atoms with Crippen LogP contribution in [0.25, 0.3) is 0 Å². The molecule has 0 fully saturated rings. The summed E-state index contributed by atoms with van der Waals surface area (Å²) in [7, 11) is 0. The fourth-order valence-electron chi connectivity index (χ4n) is 2.24. The number of hydrogen-bond acceptors (Lipinski definition) is 1. The maximum atomic E-state index is 13.8. The number of rotatable bonds is 3. The lowest BCUT2D eigenvalue weighted by molar-refractivity contribution is 0.584. The van der Waals surface area contributed by atoms with Gasteiger partial charge in [0, 0.05) is 12.1 Å². The Kier molecular flexibility index (Phi) is 4.29. The Morgan fingerprint density at radius 1 is 1.00 bits per heavy atom. The molecule has 1 N–H and O–H groups in total. The first-order valence-corrected chi connectivity index (χ1v) is 6.74. The van der Waals surface area contributed by atoms with Crippen LogP contribution in [-0.2, 0) is 0 Å². The molecule has 0 bridgehead atoms. The summed E-state index contributed by atoms with van der Waals surface area (Å²) < 4.78 is 26.8. The van der Waals surface area contributed by atoms with E-state index in [4.69, 9.17) is 11.6 Å². The monoisotopic (exact) mass is 295 g/mol. The van der Waals surface area contributed by atoms with Gasteiger partial charge in [-0.1, -0.05) is 40.9 Å². The molecule has 0 spiro atoms. The van der Waals surface area contributed by atoms with E-state index < -0.39 is 11.6 Å². The average molecular weight is 296 g/mol. The maximum absolute atomic E-state index is 13.8. The van der Waals surface area contributed by atoms with E-state index in [-0.39, 0.29) is 16.8 Å². The Balaban J connectivity index is 2.30. The number of halogens is 3. The highest BCUT2D eigenvalue weighted by molar-refractivity contribution is 6.33. The van der Waals surface area contributed by atoms with Gasteiger partial charge in [0.1, 0.15) is 5.82 Å². The summed E-state index contributed by atoms with van der Waals surface area (Å²) in [5, 5.41) is 3.04. The topological polar surface area (TPSA) is 12.0 Å². The number of hydrogen-bond donors (Lipinski definition) is 1. The first-order chi connectivity index (χ1) is 9.36. The SMILES string of the molecule is Cc1cc(C)cc(C(C)Nc2c(F)cc(F)cc2Cl)c1. The zero-order chi connectivity index (χ0) is 14.9. The molecule has 20 heavy (non-hydrogen) atoms. The van der Waals surface area contributed by atoms with Gasteiger partial charge in [0.15, 0.2) is 5.82 Å². The van der Waals surface area contributed by atoms with Crippen LogP contribution in [0.2, 0.25) is 5.02 Å². The van der Waals surface area contributed by atoms with Crippen molar-refractivity contribution >= 4 is 17.3 Å². The van der Waals surface area contributed by atoms with Crippen LogP contribution in [0.4, 0.5) is 14.5 Å². The van der Waals surface area contributed by atoms with Crippen molar-refractivity contribution in [3.63, 3.8) is 0 Å². The van der Waals surface area contributed by atoms with Crippen LogP contribution in [0.15, 0.2) is 30.3 Å². The molecule has 0 aromatic heterocycles. The van der Waals surface area contributed by atoms with Gasteiger partial charge < -0.3 is 5.32 Å². The fourth-order valence-corrected chi connectivity index (χ4v) is 2.49. The van der Waals surface area contributed by atoms with Crippen molar-refractivity contribution in [2.24, 2.45) is 0 Å². The molecule has 2 rings (SSSR count). The van der Waals surface area contributed by atoms with Crippen molar-refractivity contribution in [1.82, 2.24) is 0 Å². The molecule has 1 unspecified atom stereocenters. The van der Waals surface area contributed by atoms with Gasteiger partial charge in [-0.25, -0.2) is 8.78 Å². The van der Waals surface area contributed by atoms with Crippen LogP contribution in [0.1, 0.15) is 29.7 Å². The second-order valence-corrected chi connectivity index (χ2v) is 5.44. The van der Waals surface area contributed by atoms with Gasteiger partial charge in [-0.3, -0.25) is 0 Å². The zero-order valence-electron chi connectivity index (χ0n) is 11.6. The van der Waals surface area contributed by atoms with Crippen LogP contribution in [0.3, 0.4) is 0 Å². The molecule has 0 radical (unpaired) electrons. The van der Waals surface area contributed by atoms with E-state index in [0.717, 1.165) is 28.8 Å². The lowest BCUT2D eigenvalue weighted by atomic mass is 10.0. The highest BCUT2D eigenvalue weighted by atomic mass is 35.5. The zero-order valence-corrected chi connectivity index (χ0v) is 12.4. The van der Waals surface area contributed by atoms with E-state index in [9.17, 15) is 8.78 Å². The third-order valence-corrected chi connectivity index (χ3v) is 3.41. The maximum Gasteiger partial charge on any atom is 0.150 e. The van der Waals surface area contributed by atoms with E-state index in [2.05, 4.69) is 11.4 Å². The van der Waals surface area contributed by atoms with Crippen molar-refractivity contribution in [1.29, 1.82) is 0 Å². The van der Waals surface area contributed by atoms with Crippen LogP contribution in [0.5, 0.6) is 0 Å². The fraction of sp³-hybridized carbons (Fsp3) is 0.250. The summed E-state index contributed by atoms with van der Waals surface area (Å²) in [5.41, 5.74) is 3.43. The van der Waals surface area contributed by atoms with Crippen molar-refractivity contribution in [3.05, 3.63) is 63.7 Å². The minimum Gasteiger partial charge on any atom is -0.375 e. The summed E-state index contributed by atoms with van der Waals surface area (Å²) in [6.45, 7) is 5.93. The molecule has 1 atom stereocenters. The van der Waals surface area contributed by atoms with Crippen LogP contribution in [-0.4, -0.2) is 0 Å². The van der Waals surface area contributed by atoms with Crippen LogP contribution in [0, 0.1) is 25.5 Å². The Hall–Kier alpha value is -1.61. The van der Waals surface area contributed by atoms with Gasteiger partial charge in [-0.2, -0.15) is 0 Å².